The molecule has 3 N–H and O–H groups in total. The number of methoxy groups -OCH3 is 1. The van der Waals surface area contributed by atoms with E-state index >= 15 is 0 Å². The van der Waals surface area contributed by atoms with Gasteiger partial charge >= 0.3 is 6.36 Å². The lowest BCUT2D eigenvalue weighted by atomic mass is 10.2. The molecule has 0 heterocycles. The van der Waals surface area contributed by atoms with E-state index in [0.29, 0.717) is 5.75 Å². The molecule has 2 aromatic rings. The second-order valence-electron chi connectivity index (χ2n) is 6.57. The smallest absolute Gasteiger partial charge is 0.497 e. The summed E-state index contributed by atoms with van der Waals surface area (Å²) in [6.07, 6.45) is -5.14. The summed E-state index contributed by atoms with van der Waals surface area (Å²) < 4.78 is 71.7. The third-order valence-corrected chi connectivity index (χ3v) is 5.58. The van der Waals surface area contributed by atoms with Gasteiger partial charge in [0.25, 0.3) is 0 Å². The van der Waals surface area contributed by atoms with E-state index in [2.05, 4.69) is 20.1 Å². The minimum absolute atomic E-state index is 0.250. The number of ether oxygens (including phenoxy) is 2. The predicted octanol–water partition coefficient (Wildman–Crippen LogP) is 1.69. The monoisotopic (exact) mass is 489 g/mol. The standard InChI is InChI=1S/C20H22F3N3O6S/c1-31-15-4-2-14(3-5-15)12-24-19(28)13-25-18(27)10-11-26-33(29,30)17-8-6-16(7-9-17)32-20(21,22)23/h2-9,26H,10-13H2,1H3,(H,24,28)(H,25,27). The number of hydrogen-bond donors (Lipinski definition) is 3. The zero-order chi connectivity index (χ0) is 24.5. The number of halogens is 3. The van der Waals surface area contributed by atoms with E-state index in [1.807, 2.05) is 0 Å². The second-order valence-corrected chi connectivity index (χ2v) is 8.34. The first-order chi connectivity index (χ1) is 15.5. The molecule has 2 rings (SSSR count). The average molecular weight is 489 g/mol. The van der Waals surface area contributed by atoms with Crippen molar-refractivity contribution in [3.05, 3.63) is 54.1 Å². The van der Waals surface area contributed by atoms with Crippen LogP contribution in [-0.4, -0.2) is 46.8 Å². The first kappa shape index (κ1) is 25.9. The van der Waals surface area contributed by atoms with Gasteiger partial charge in [0.15, 0.2) is 0 Å². The van der Waals surface area contributed by atoms with Gasteiger partial charge in [-0.2, -0.15) is 0 Å². The summed E-state index contributed by atoms with van der Waals surface area (Å²) in [4.78, 5) is 23.4. The van der Waals surface area contributed by atoms with Crippen molar-refractivity contribution < 1.29 is 40.7 Å². The normalized spacial score (nSPS) is 11.5. The van der Waals surface area contributed by atoms with Crippen molar-refractivity contribution in [1.82, 2.24) is 15.4 Å². The summed E-state index contributed by atoms with van der Waals surface area (Å²) in [5.41, 5.74) is 0.836. The number of hydrogen-bond acceptors (Lipinski definition) is 6. The van der Waals surface area contributed by atoms with Gasteiger partial charge in [0.2, 0.25) is 21.8 Å². The fourth-order valence-corrected chi connectivity index (χ4v) is 3.51. The first-order valence-corrected chi connectivity index (χ1v) is 11.0. The van der Waals surface area contributed by atoms with Gasteiger partial charge in [-0.05, 0) is 42.0 Å². The first-order valence-electron chi connectivity index (χ1n) is 9.50. The van der Waals surface area contributed by atoms with Crippen LogP contribution < -0.4 is 24.8 Å². The van der Waals surface area contributed by atoms with Crippen LogP contribution in [0.25, 0.3) is 0 Å². The fraction of sp³-hybridized carbons (Fsp3) is 0.300. The number of alkyl halides is 3. The number of benzene rings is 2. The Balaban J connectivity index is 1.70. The van der Waals surface area contributed by atoms with E-state index in [1.54, 1.807) is 31.4 Å². The molecule has 0 radical (unpaired) electrons. The lowest BCUT2D eigenvalue weighted by Crippen LogP contribution is -2.38. The Morgan fingerprint density at radius 3 is 2.09 bits per heavy atom. The van der Waals surface area contributed by atoms with E-state index in [4.69, 9.17) is 4.74 Å². The molecule has 0 saturated carbocycles. The molecule has 2 aromatic carbocycles. The molecule has 0 bridgehead atoms. The zero-order valence-corrected chi connectivity index (χ0v) is 18.3. The number of nitrogens with one attached hydrogen (secondary N) is 3. The number of rotatable bonds is 11. The predicted molar refractivity (Wildman–Crippen MR) is 111 cm³/mol. The maximum atomic E-state index is 12.2. The molecule has 0 aliphatic heterocycles. The maximum Gasteiger partial charge on any atom is 0.573 e. The van der Waals surface area contributed by atoms with E-state index in [0.717, 1.165) is 29.8 Å². The minimum Gasteiger partial charge on any atom is -0.497 e. The van der Waals surface area contributed by atoms with Gasteiger partial charge in [-0.25, -0.2) is 13.1 Å². The third kappa shape index (κ3) is 9.37. The Labute approximate surface area is 188 Å². The molecule has 0 saturated heterocycles. The lowest BCUT2D eigenvalue weighted by molar-refractivity contribution is -0.274. The Bertz CT molecular complexity index is 1040. The van der Waals surface area contributed by atoms with Gasteiger partial charge in [-0.1, -0.05) is 12.1 Å². The van der Waals surface area contributed by atoms with Crippen molar-refractivity contribution in [3.8, 4) is 11.5 Å². The maximum absolute atomic E-state index is 12.2. The van der Waals surface area contributed by atoms with E-state index in [1.165, 1.54) is 0 Å². The number of carbonyl (C=O) groups excluding carboxylic acids is 2. The molecule has 180 valence electrons. The van der Waals surface area contributed by atoms with Gasteiger partial charge in [0.1, 0.15) is 11.5 Å². The summed E-state index contributed by atoms with van der Waals surface area (Å²) in [7, 11) is -2.51. The van der Waals surface area contributed by atoms with Crippen LogP contribution >= 0.6 is 0 Å². The number of amides is 2. The van der Waals surface area contributed by atoms with Crippen LogP contribution in [0.3, 0.4) is 0 Å². The highest BCUT2D eigenvalue weighted by Crippen LogP contribution is 2.23. The highest BCUT2D eigenvalue weighted by molar-refractivity contribution is 7.89. The Morgan fingerprint density at radius 1 is 0.909 bits per heavy atom. The van der Waals surface area contributed by atoms with E-state index < -0.39 is 33.9 Å². The van der Waals surface area contributed by atoms with Crippen molar-refractivity contribution in [1.29, 1.82) is 0 Å². The quantitative estimate of drug-likeness (QED) is 0.442. The molecule has 13 heteroatoms. The van der Waals surface area contributed by atoms with Gasteiger partial charge in [0.05, 0.1) is 18.6 Å². The molecule has 0 aliphatic rings. The summed E-state index contributed by atoms with van der Waals surface area (Å²) in [5, 5.41) is 4.99. The van der Waals surface area contributed by atoms with Crippen LogP contribution in [0.15, 0.2) is 53.4 Å². The Kier molecular flexibility index (Phi) is 9.05. The zero-order valence-electron chi connectivity index (χ0n) is 17.4. The van der Waals surface area contributed by atoms with E-state index in [9.17, 15) is 31.2 Å². The van der Waals surface area contributed by atoms with Gasteiger partial charge in [-0.3, -0.25) is 9.59 Å². The molecule has 0 spiro atoms. The van der Waals surface area contributed by atoms with Crippen LogP contribution in [0.1, 0.15) is 12.0 Å². The SMILES string of the molecule is COc1ccc(CNC(=O)CNC(=O)CCNS(=O)(=O)c2ccc(OC(F)(F)F)cc2)cc1. The van der Waals surface area contributed by atoms with Crippen molar-refractivity contribution in [2.24, 2.45) is 0 Å². The van der Waals surface area contributed by atoms with Crippen molar-refractivity contribution in [3.63, 3.8) is 0 Å². The van der Waals surface area contributed by atoms with Crippen LogP contribution in [0, 0.1) is 0 Å². The van der Waals surface area contributed by atoms with Crippen LogP contribution in [-0.2, 0) is 26.2 Å². The largest absolute Gasteiger partial charge is 0.573 e. The van der Waals surface area contributed by atoms with Crippen molar-refractivity contribution in [2.45, 2.75) is 24.2 Å². The topological polar surface area (TPSA) is 123 Å². The van der Waals surface area contributed by atoms with Crippen LogP contribution in [0.2, 0.25) is 0 Å². The molecule has 0 unspecified atom stereocenters. The highest BCUT2D eigenvalue weighted by atomic mass is 32.2. The van der Waals surface area contributed by atoms with Gasteiger partial charge in [0, 0.05) is 19.5 Å². The van der Waals surface area contributed by atoms with Crippen LogP contribution in [0.4, 0.5) is 13.2 Å². The van der Waals surface area contributed by atoms with E-state index in [-0.39, 0.29) is 31.0 Å². The molecule has 0 atom stereocenters. The summed E-state index contributed by atoms with van der Waals surface area (Å²) >= 11 is 0. The second kappa shape index (κ2) is 11.5. The number of carbonyl (C=O) groups is 2. The third-order valence-electron chi connectivity index (χ3n) is 4.11. The van der Waals surface area contributed by atoms with Gasteiger partial charge < -0.3 is 20.1 Å². The summed E-state index contributed by atoms with van der Waals surface area (Å²) in [6, 6.07) is 10.7. The molecule has 0 aliphatic carbocycles. The van der Waals surface area contributed by atoms with Crippen molar-refractivity contribution in [2.75, 3.05) is 20.2 Å². The highest BCUT2D eigenvalue weighted by Gasteiger charge is 2.31. The van der Waals surface area contributed by atoms with Crippen LogP contribution in [0.5, 0.6) is 11.5 Å². The lowest BCUT2D eigenvalue weighted by Gasteiger charge is -2.10. The molecule has 0 fully saturated rings. The minimum atomic E-state index is -4.89. The fourth-order valence-electron chi connectivity index (χ4n) is 2.48. The van der Waals surface area contributed by atoms with Crippen molar-refractivity contribution >= 4 is 21.8 Å². The molecule has 33 heavy (non-hydrogen) atoms. The Morgan fingerprint density at radius 2 is 1.52 bits per heavy atom. The molecule has 2 amide bonds. The summed E-state index contributed by atoms with van der Waals surface area (Å²) in [6.45, 7) is -0.309. The number of sulfonamides is 1. The summed E-state index contributed by atoms with van der Waals surface area (Å²) in [5.74, 6) is -0.876. The average Bonchev–Trinajstić information content (AvgIpc) is 2.75. The molecular formula is C20H22F3N3O6S. The molecule has 9 nitrogen and oxygen atoms in total. The Hall–Kier alpha value is -3.32. The molecular weight excluding hydrogens is 467 g/mol. The molecule has 0 aromatic heterocycles. The van der Waals surface area contributed by atoms with Gasteiger partial charge in [-0.15, -0.1) is 13.2 Å².